The van der Waals surface area contributed by atoms with Gasteiger partial charge in [-0.05, 0) is 125 Å². The average molecular weight is 801 g/mol. The number of hydrogen-bond acceptors (Lipinski definition) is 4. The van der Waals surface area contributed by atoms with Gasteiger partial charge in [-0.1, -0.05) is 72.8 Å². The third kappa shape index (κ3) is 6.10. The van der Waals surface area contributed by atoms with Crippen LogP contribution in [0, 0.1) is 65.4 Å². The Balaban J connectivity index is 1.34. The second-order valence-corrected chi connectivity index (χ2v) is 15.3. The Bertz CT molecular complexity index is 3830. The zero-order chi connectivity index (χ0) is 43.4. The Morgan fingerprint density at radius 1 is 0.429 bits per heavy atom. The normalized spacial score (nSPS) is 10.8. The summed E-state index contributed by atoms with van der Waals surface area (Å²) < 4.78 is 4.25. The summed E-state index contributed by atoms with van der Waals surface area (Å²) >= 11 is 0. The summed E-state index contributed by atoms with van der Waals surface area (Å²) in [6, 6.07) is 57.2. The molecule has 2 heterocycles. The van der Waals surface area contributed by atoms with Gasteiger partial charge in [-0.3, -0.25) is 0 Å². The first-order valence-electron chi connectivity index (χ1n) is 19.9. The maximum Gasteiger partial charge on any atom is 0.234 e. The summed E-state index contributed by atoms with van der Waals surface area (Å²) in [6.45, 7) is 18.8. The first-order valence-corrected chi connectivity index (χ1v) is 19.9. The van der Waals surface area contributed by atoms with Gasteiger partial charge in [-0.25, -0.2) is 9.69 Å². The van der Waals surface area contributed by atoms with Crippen molar-refractivity contribution in [1.82, 2.24) is 9.13 Å². The van der Waals surface area contributed by atoms with Crippen LogP contribution in [-0.4, -0.2) is 9.13 Å². The van der Waals surface area contributed by atoms with Crippen LogP contribution in [0.3, 0.4) is 0 Å². The highest BCUT2D eigenvalue weighted by molar-refractivity contribution is 6.13. The van der Waals surface area contributed by atoms with Gasteiger partial charge >= 0.3 is 0 Å². The topological polar surface area (TPSA) is 114 Å². The van der Waals surface area contributed by atoms with Crippen molar-refractivity contribution in [2.45, 2.75) is 6.92 Å². The monoisotopic (exact) mass is 800 g/mol. The van der Waals surface area contributed by atoms with Crippen LogP contribution in [0.4, 0.5) is 11.4 Å². The van der Waals surface area contributed by atoms with E-state index in [1.54, 1.807) is 36.4 Å². The fourth-order valence-electron chi connectivity index (χ4n) is 8.95. The van der Waals surface area contributed by atoms with Crippen LogP contribution in [-0.2, 0) is 0 Å². The van der Waals surface area contributed by atoms with E-state index in [0.29, 0.717) is 45.0 Å². The summed E-state index contributed by atoms with van der Waals surface area (Å²) in [7, 11) is 0. The van der Waals surface area contributed by atoms with E-state index in [0.717, 1.165) is 82.6 Å². The van der Waals surface area contributed by atoms with Gasteiger partial charge in [-0.15, -0.1) is 0 Å². The van der Waals surface area contributed by atoms with Crippen LogP contribution in [0.25, 0.3) is 98.1 Å². The summed E-state index contributed by atoms with van der Waals surface area (Å²) in [5.41, 5.74) is 12.5. The average Bonchev–Trinajstić information content (AvgIpc) is 3.84. The fraction of sp³-hybridized carbons (Fsp3) is 0.0182. The van der Waals surface area contributed by atoms with Crippen LogP contribution < -0.4 is 0 Å². The van der Waals surface area contributed by atoms with Crippen molar-refractivity contribution < 1.29 is 0 Å². The number of rotatable bonds is 5. The van der Waals surface area contributed by atoms with Crippen LogP contribution in [0.15, 0.2) is 152 Å². The minimum Gasteiger partial charge on any atom is -0.319 e. The van der Waals surface area contributed by atoms with Gasteiger partial charge in [0, 0.05) is 27.1 Å². The lowest BCUT2D eigenvalue weighted by molar-refractivity contribution is 1.14. The molecule has 0 unspecified atom stereocenters. The lowest BCUT2D eigenvalue weighted by atomic mass is 9.97. The van der Waals surface area contributed by atoms with Crippen molar-refractivity contribution in [3.05, 3.63) is 202 Å². The molecule has 0 aliphatic carbocycles. The molecule has 63 heavy (non-hydrogen) atoms. The first-order chi connectivity index (χ1) is 30.8. The van der Waals surface area contributed by atoms with Crippen molar-refractivity contribution in [3.63, 3.8) is 0 Å². The van der Waals surface area contributed by atoms with E-state index in [1.807, 2.05) is 97.9 Å². The maximum atomic E-state index is 10.1. The van der Waals surface area contributed by atoms with Gasteiger partial charge in [0.1, 0.15) is 0 Å². The molecule has 0 radical (unpaired) electrons. The molecule has 0 N–H and O–H groups in total. The number of nitrogens with zero attached hydrogens (tertiary/aromatic N) is 8. The maximum absolute atomic E-state index is 10.1. The van der Waals surface area contributed by atoms with Gasteiger partial charge < -0.3 is 9.13 Å². The molecule has 288 valence electrons. The molecule has 0 atom stereocenters. The minimum absolute atomic E-state index is 0.361. The van der Waals surface area contributed by atoms with E-state index in [9.17, 15) is 21.0 Å². The number of fused-ring (bicyclic) bond motifs is 6. The minimum atomic E-state index is 0.361. The molecule has 0 amide bonds. The molecule has 0 saturated heterocycles. The zero-order valence-corrected chi connectivity index (χ0v) is 33.5. The standard InChI is InChI=1S/C55H28N8/c1-33-18-34(29-56)24-42(19-33)44-16-17-51(62-49-10-6-4-8-45(49)47-14-12-38(27-52(47)62)40-21-35(30-57)20-36(22-40)31-58)54(61-3)55(44)63-50-11-7-5-9-46(50)48-15-13-39(28-53(48)63)41-23-37(32-59)25-43(26-41)60-2/h4-28H,1H3. The predicted molar refractivity (Wildman–Crippen MR) is 248 cm³/mol. The molecule has 8 aromatic carbocycles. The van der Waals surface area contributed by atoms with E-state index >= 15 is 0 Å². The van der Waals surface area contributed by atoms with Gasteiger partial charge in [0.15, 0.2) is 5.69 Å². The summed E-state index contributed by atoms with van der Waals surface area (Å²) in [6.07, 6.45) is 0. The molecule has 10 rings (SSSR count). The third-order valence-corrected chi connectivity index (χ3v) is 11.6. The smallest absolute Gasteiger partial charge is 0.234 e. The van der Waals surface area contributed by atoms with Gasteiger partial charge in [0.05, 0.1) is 87.6 Å². The highest BCUT2D eigenvalue weighted by Crippen LogP contribution is 2.47. The summed E-state index contributed by atoms with van der Waals surface area (Å²) in [5.74, 6) is 0. The number of para-hydroxylation sites is 2. The fourth-order valence-corrected chi connectivity index (χ4v) is 8.95. The molecule has 0 bridgehead atoms. The molecule has 8 heteroatoms. The predicted octanol–water partition coefficient (Wildman–Crippen LogP) is 13.8. The number of nitriles is 4. The molecule has 8 nitrogen and oxygen atoms in total. The van der Waals surface area contributed by atoms with Crippen LogP contribution >= 0.6 is 0 Å². The quantitative estimate of drug-likeness (QED) is 0.161. The number of aryl methyl sites for hydroxylation is 1. The van der Waals surface area contributed by atoms with Crippen molar-refractivity contribution in [2.75, 3.05) is 0 Å². The van der Waals surface area contributed by atoms with Crippen molar-refractivity contribution in [3.8, 4) is 69.0 Å². The van der Waals surface area contributed by atoms with Gasteiger partial charge in [0.2, 0.25) is 5.69 Å². The van der Waals surface area contributed by atoms with Gasteiger partial charge in [0.25, 0.3) is 0 Å². The van der Waals surface area contributed by atoms with Crippen molar-refractivity contribution in [2.24, 2.45) is 0 Å². The third-order valence-electron chi connectivity index (χ3n) is 11.6. The second kappa shape index (κ2) is 14.8. The van der Waals surface area contributed by atoms with Crippen LogP contribution in [0.2, 0.25) is 0 Å². The Hall–Kier alpha value is -9.70. The van der Waals surface area contributed by atoms with Crippen molar-refractivity contribution in [1.29, 1.82) is 21.0 Å². The lowest BCUT2D eigenvalue weighted by Gasteiger charge is -2.21. The van der Waals surface area contributed by atoms with E-state index in [1.165, 1.54) is 0 Å². The summed E-state index contributed by atoms with van der Waals surface area (Å²) in [5, 5.41) is 43.5. The lowest BCUT2D eigenvalue weighted by Crippen LogP contribution is -2.03. The molecule has 0 aliphatic rings. The molecular formula is C55H28N8. The molecule has 0 aliphatic heterocycles. The Kier molecular flexibility index (Phi) is 8.85. The summed E-state index contributed by atoms with van der Waals surface area (Å²) in [4.78, 5) is 8.06. The molecular weight excluding hydrogens is 773 g/mol. The Morgan fingerprint density at radius 2 is 0.937 bits per heavy atom. The molecule has 10 aromatic rings. The molecule has 0 spiro atoms. The van der Waals surface area contributed by atoms with Crippen molar-refractivity contribution >= 4 is 55.0 Å². The molecule has 0 saturated carbocycles. The number of benzene rings is 8. The van der Waals surface area contributed by atoms with Crippen LogP contribution in [0.5, 0.6) is 0 Å². The van der Waals surface area contributed by atoms with Gasteiger partial charge in [-0.2, -0.15) is 21.0 Å². The number of hydrogen-bond donors (Lipinski definition) is 0. The highest BCUT2D eigenvalue weighted by Gasteiger charge is 2.25. The zero-order valence-electron chi connectivity index (χ0n) is 33.5. The highest BCUT2D eigenvalue weighted by atomic mass is 15.1. The SMILES string of the molecule is [C-]#[N+]c1cc(C#N)cc(-c2ccc3c4ccccc4n(-c4c(-c5cc(C)cc(C#N)c5)ccc(-n5c6ccccc6c6ccc(-c7cc(C#N)cc(C#N)c7)cc65)c4[N+]#[C-])c3c2)c1. The van der Waals surface area contributed by atoms with Crippen LogP contribution in [0.1, 0.15) is 27.8 Å². The Labute approximate surface area is 362 Å². The van der Waals surface area contributed by atoms with E-state index in [-0.39, 0.29) is 0 Å². The largest absolute Gasteiger partial charge is 0.319 e. The Morgan fingerprint density at radius 3 is 1.52 bits per heavy atom. The van der Waals surface area contributed by atoms with E-state index in [2.05, 4.69) is 67.4 Å². The van der Waals surface area contributed by atoms with E-state index < -0.39 is 0 Å². The second-order valence-electron chi connectivity index (χ2n) is 15.3. The number of aromatic nitrogens is 2. The van der Waals surface area contributed by atoms with E-state index in [4.69, 9.17) is 13.1 Å². The first kappa shape index (κ1) is 37.6. The molecule has 2 aromatic heterocycles. The molecule has 0 fully saturated rings.